The molecule has 0 aromatic heterocycles. The second kappa shape index (κ2) is 7.64. The van der Waals surface area contributed by atoms with Crippen molar-refractivity contribution in [2.75, 3.05) is 19.8 Å². The van der Waals surface area contributed by atoms with Gasteiger partial charge in [0.25, 0.3) is 0 Å². The Hall–Kier alpha value is -1.86. The third-order valence-corrected chi connectivity index (χ3v) is 5.49. The lowest BCUT2D eigenvalue weighted by atomic mass is 9.96. The Labute approximate surface area is 157 Å². The highest BCUT2D eigenvalue weighted by Crippen LogP contribution is 2.50. The maximum Gasteiger partial charge on any atom is 0.139 e. The minimum Gasteiger partial charge on any atom is -0.396 e. The molecule has 2 fully saturated rings. The van der Waals surface area contributed by atoms with Gasteiger partial charge in [-0.3, -0.25) is 0 Å². The molecule has 2 aliphatic rings. The van der Waals surface area contributed by atoms with Crippen LogP contribution in [0.1, 0.15) is 41.1 Å². The summed E-state index contributed by atoms with van der Waals surface area (Å²) >= 11 is 0. The molecule has 1 N–H and O–H groups in total. The van der Waals surface area contributed by atoms with E-state index in [1.165, 1.54) is 0 Å². The van der Waals surface area contributed by atoms with Gasteiger partial charge in [0.15, 0.2) is 0 Å². The second-order valence-corrected chi connectivity index (χ2v) is 7.18. The van der Waals surface area contributed by atoms with E-state index in [2.05, 4.69) is 4.90 Å². The van der Waals surface area contributed by atoms with Crippen molar-refractivity contribution in [1.29, 1.82) is 0 Å². The predicted octanol–water partition coefficient (Wildman–Crippen LogP) is 3.81. The third-order valence-electron chi connectivity index (χ3n) is 5.49. The normalized spacial score (nSPS) is 27.8. The van der Waals surface area contributed by atoms with Crippen LogP contribution in [0.3, 0.4) is 0 Å². The van der Waals surface area contributed by atoms with Crippen molar-refractivity contribution in [3.63, 3.8) is 0 Å². The van der Waals surface area contributed by atoms with Crippen LogP contribution in [0.5, 0.6) is 0 Å². The van der Waals surface area contributed by atoms with Crippen molar-refractivity contribution >= 4 is 0 Å². The van der Waals surface area contributed by atoms with E-state index in [0.717, 1.165) is 11.1 Å². The van der Waals surface area contributed by atoms with Crippen molar-refractivity contribution < 1.29 is 23.4 Å². The minimum atomic E-state index is -0.503. The quantitative estimate of drug-likeness (QED) is 0.834. The molecule has 3 atom stereocenters. The molecule has 0 bridgehead atoms. The van der Waals surface area contributed by atoms with Gasteiger partial charge < -0.3 is 14.6 Å². The first kappa shape index (κ1) is 18.5. The number of hydrogen-bond acceptors (Lipinski definition) is 4. The molecule has 2 saturated heterocycles. The number of alkyl halides is 2. The summed E-state index contributed by atoms with van der Waals surface area (Å²) in [5, 5.41) is 9.60. The maximum absolute atomic E-state index is 12.8. The molecular weight excluding hydrogens is 352 g/mol. The summed E-state index contributed by atoms with van der Waals surface area (Å²) in [6.07, 6.45) is -0.164. The number of fused-ring (bicyclic) bond motifs is 1. The summed E-state index contributed by atoms with van der Waals surface area (Å²) < 4.78 is 37.9. The van der Waals surface area contributed by atoms with E-state index < -0.39 is 18.9 Å². The highest BCUT2D eigenvalue weighted by Gasteiger charge is 2.56. The number of benzene rings is 2. The number of nitrogens with zero attached hydrogens (tertiary/aromatic N) is 1. The zero-order valence-electron chi connectivity index (χ0n) is 15.0. The summed E-state index contributed by atoms with van der Waals surface area (Å²) in [5.41, 5.74) is 2.66. The van der Waals surface area contributed by atoms with E-state index >= 15 is 0 Å². The molecule has 4 nitrogen and oxygen atoms in total. The van der Waals surface area contributed by atoms with Crippen molar-refractivity contribution in [3.05, 3.63) is 70.8 Å². The first-order valence-corrected chi connectivity index (χ1v) is 9.13. The Balaban J connectivity index is 1.68. The molecule has 0 unspecified atom stereocenters. The van der Waals surface area contributed by atoms with Crippen molar-refractivity contribution in [1.82, 2.24) is 4.90 Å². The van der Waals surface area contributed by atoms with Crippen LogP contribution in [0, 0.1) is 0 Å². The number of halogens is 2. The first-order chi connectivity index (χ1) is 13.2. The van der Waals surface area contributed by atoms with Gasteiger partial charge in [0.2, 0.25) is 0 Å². The van der Waals surface area contributed by atoms with E-state index in [9.17, 15) is 13.9 Å². The Kier molecular flexibility index (Phi) is 5.23. The molecule has 2 aromatic rings. The van der Waals surface area contributed by atoms with Crippen LogP contribution in [-0.4, -0.2) is 35.4 Å². The summed E-state index contributed by atoms with van der Waals surface area (Å²) in [4.78, 5) is 2.15. The third kappa shape index (κ3) is 3.27. The molecule has 2 heterocycles. The number of aliphatic hydroxyl groups excluding tert-OH is 1. The summed E-state index contributed by atoms with van der Waals surface area (Å²) in [6, 6.07) is 14.5. The Morgan fingerprint density at radius 1 is 0.852 bits per heavy atom. The fourth-order valence-electron chi connectivity index (χ4n) is 3.98. The van der Waals surface area contributed by atoms with Crippen molar-refractivity contribution in [2.24, 2.45) is 0 Å². The monoisotopic (exact) mass is 375 g/mol. The maximum atomic E-state index is 12.8. The molecule has 27 heavy (non-hydrogen) atoms. The van der Waals surface area contributed by atoms with Crippen LogP contribution >= 0.6 is 0 Å². The summed E-state index contributed by atoms with van der Waals surface area (Å²) in [6.45, 7) is -0.0816. The zero-order valence-corrected chi connectivity index (χ0v) is 15.0. The first-order valence-electron chi connectivity index (χ1n) is 9.13. The molecular formula is C21H23F2NO3. The molecule has 2 aliphatic heterocycles. The number of rotatable bonds is 6. The zero-order chi connectivity index (χ0) is 18.9. The Bertz CT molecular complexity index is 707. The average molecular weight is 375 g/mol. The van der Waals surface area contributed by atoms with Gasteiger partial charge in [-0.1, -0.05) is 48.5 Å². The van der Waals surface area contributed by atoms with Crippen LogP contribution in [0.2, 0.25) is 0 Å². The van der Waals surface area contributed by atoms with Crippen LogP contribution in [0.15, 0.2) is 48.5 Å². The van der Waals surface area contributed by atoms with Gasteiger partial charge in [0, 0.05) is 6.61 Å². The summed E-state index contributed by atoms with van der Waals surface area (Å²) in [7, 11) is 0. The molecule has 0 spiro atoms. The fraction of sp³-hybridized carbons (Fsp3) is 0.429. The largest absolute Gasteiger partial charge is 0.396 e. The molecule has 4 rings (SSSR count). The second-order valence-electron chi connectivity index (χ2n) is 7.18. The molecule has 2 aromatic carbocycles. The standard InChI is InChI=1S/C21H23F2NO3/c22-11-15-1-5-17(6-2-15)19-24-20(18-7-3-16(12-23)4-8-18)27-14-21(24,9-10-25)13-26-19/h1-8,19-20,25H,9-14H2/t19-,20+,21-. The van der Waals surface area contributed by atoms with Gasteiger partial charge in [0.05, 0.1) is 18.8 Å². The molecule has 0 radical (unpaired) electrons. The predicted molar refractivity (Wildman–Crippen MR) is 96.2 cm³/mol. The molecule has 0 saturated carbocycles. The van der Waals surface area contributed by atoms with E-state index in [1.807, 2.05) is 24.3 Å². The van der Waals surface area contributed by atoms with E-state index in [-0.39, 0.29) is 19.1 Å². The van der Waals surface area contributed by atoms with Crippen LogP contribution in [0.25, 0.3) is 0 Å². The molecule has 6 heteroatoms. The molecule has 144 valence electrons. The van der Waals surface area contributed by atoms with Gasteiger partial charge in [-0.15, -0.1) is 0 Å². The Morgan fingerprint density at radius 2 is 1.30 bits per heavy atom. The SMILES string of the molecule is OCC[C@]12CO[C@H](c3ccc(CF)cc3)N1[C@H](c1ccc(CF)cc1)OC2. The number of ether oxygens (including phenoxy) is 2. The van der Waals surface area contributed by atoms with Gasteiger partial charge in [-0.05, 0) is 28.7 Å². The lowest BCUT2D eigenvalue weighted by Gasteiger charge is -2.34. The number of aliphatic hydroxyl groups is 1. The van der Waals surface area contributed by atoms with Gasteiger partial charge in [0.1, 0.15) is 25.8 Å². The highest BCUT2D eigenvalue weighted by molar-refractivity contribution is 5.29. The molecule has 0 aliphatic carbocycles. The Morgan fingerprint density at radius 3 is 1.67 bits per heavy atom. The lowest BCUT2D eigenvalue weighted by molar-refractivity contribution is -0.0623. The summed E-state index contributed by atoms with van der Waals surface area (Å²) in [5.74, 6) is 0. The van der Waals surface area contributed by atoms with Gasteiger partial charge in [-0.25, -0.2) is 13.7 Å². The lowest BCUT2D eigenvalue weighted by Crippen LogP contribution is -2.45. The fourth-order valence-corrected chi connectivity index (χ4v) is 3.98. The van der Waals surface area contributed by atoms with E-state index in [1.54, 1.807) is 24.3 Å². The van der Waals surface area contributed by atoms with Crippen molar-refractivity contribution in [2.45, 2.75) is 37.8 Å². The average Bonchev–Trinajstić information content (AvgIpc) is 3.25. The highest BCUT2D eigenvalue weighted by atomic mass is 19.1. The topological polar surface area (TPSA) is 41.9 Å². The van der Waals surface area contributed by atoms with Crippen LogP contribution in [0.4, 0.5) is 8.78 Å². The van der Waals surface area contributed by atoms with Crippen molar-refractivity contribution in [3.8, 4) is 0 Å². The van der Waals surface area contributed by atoms with Gasteiger partial charge >= 0.3 is 0 Å². The van der Waals surface area contributed by atoms with E-state index in [4.69, 9.17) is 9.47 Å². The van der Waals surface area contributed by atoms with E-state index in [0.29, 0.717) is 30.8 Å². The smallest absolute Gasteiger partial charge is 0.139 e. The number of hydrogen-bond donors (Lipinski definition) is 1. The van der Waals surface area contributed by atoms with Crippen LogP contribution < -0.4 is 0 Å². The van der Waals surface area contributed by atoms with Crippen LogP contribution in [-0.2, 0) is 22.8 Å². The molecule has 0 amide bonds. The minimum absolute atomic E-state index is 0.0320. The van der Waals surface area contributed by atoms with Gasteiger partial charge in [-0.2, -0.15) is 0 Å².